The summed E-state index contributed by atoms with van der Waals surface area (Å²) >= 11 is 0. The number of carbonyl (C=O) groups is 3. The lowest BCUT2D eigenvalue weighted by Gasteiger charge is -2.16. The highest BCUT2D eigenvalue weighted by Crippen LogP contribution is 2.18. The van der Waals surface area contributed by atoms with E-state index in [-0.39, 0.29) is 17.5 Å². The molecule has 2 aromatic rings. The molecule has 8 nitrogen and oxygen atoms in total. The molecule has 0 radical (unpaired) electrons. The molecular formula is C19H20N4O4. The Morgan fingerprint density at radius 2 is 1.81 bits per heavy atom. The zero-order valence-electron chi connectivity index (χ0n) is 14.5. The van der Waals surface area contributed by atoms with E-state index in [0.29, 0.717) is 25.2 Å². The molecule has 1 aliphatic rings. The molecule has 0 aliphatic carbocycles. The van der Waals surface area contributed by atoms with Crippen molar-refractivity contribution in [2.45, 2.75) is 12.5 Å². The molecule has 3 amide bonds. The lowest BCUT2D eigenvalue weighted by molar-refractivity contribution is -0.117. The molecule has 3 rings (SSSR count). The highest BCUT2D eigenvalue weighted by Gasteiger charge is 2.21. The van der Waals surface area contributed by atoms with E-state index in [1.807, 2.05) is 24.3 Å². The number of benzene rings is 2. The zero-order valence-corrected chi connectivity index (χ0v) is 14.5. The summed E-state index contributed by atoms with van der Waals surface area (Å²) in [5.41, 5.74) is 8.28. The first-order valence-corrected chi connectivity index (χ1v) is 8.48. The topological polar surface area (TPSA) is 125 Å². The van der Waals surface area contributed by atoms with Crippen LogP contribution in [0.3, 0.4) is 0 Å². The maximum Gasteiger partial charge on any atom is 0.335 e. The van der Waals surface area contributed by atoms with Crippen LogP contribution in [0.2, 0.25) is 0 Å². The van der Waals surface area contributed by atoms with Gasteiger partial charge < -0.3 is 21.5 Å². The number of aromatic carboxylic acids is 1. The lowest BCUT2D eigenvalue weighted by Crippen LogP contribution is -2.37. The highest BCUT2D eigenvalue weighted by atomic mass is 16.4. The summed E-state index contributed by atoms with van der Waals surface area (Å²) in [5.74, 6) is -1.39. The molecule has 0 aromatic heterocycles. The maximum atomic E-state index is 12.2. The third kappa shape index (κ3) is 4.42. The van der Waals surface area contributed by atoms with Gasteiger partial charge in [0.2, 0.25) is 5.91 Å². The van der Waals surface area contributed by atoms with Gasteiger partial charge in [-0.15, -0.1) is 0 Å². The second-order valence-corrected chi connectivity index (χ2v) is 6.23. The Kier molecular flexibility index (Phi) is 5.37. The van der Waals surface area contributed by atoms with Crippen LogP contribution in [-0.4, -0.2) is 42.1 Å². The van der Waals surface area contributed by atoms with Crippen molar-refractivity contribution in [2.75, 3.05) is 23.3 Å². The largest absolute Gasteiger partial charge is 0.478 e. The third-order valence-corrected chi connectivity index (χ3v) is 4.30. The molecule has 1 heterocycles. The van der Waals surface area contributed by atoms with Crippen molar-refractivity contribution in [3.8, 4) is 0 Å². The van der Waals surface area contributed by atoms with Gasteiger partial charge in [0.05, 0.1) is 11.6 Å². The summed E-state index contributed by atoms with van der Waals surface area (Å²) < 4.78 is 0. The number of rotatable bonds is 6. The minimum atomic E-state index is -1.03. The number of carbonyl (C=O) groups excluding carboxylic acids is 2. The predicted octanol–water partition coefficient (Wildman–Crippen LogP) is 1.42. The van der Waals surface area contributed by atoms with Crippen LogP contribution >= 0.6 is 0 Å². The number of hydrogen-bond donors (Lipinski definition) is 4. The van der Waals surface area contributed by atoms with E-state index in [4.69, 9.17) is 10.8 Å². The van der Waals surface area contributed by atoms with Crippen LogP contribution in [-0.2, 0) is 11.2 Å². The van der Waals surface area contributed by atoms with Crippen LogP contribution in [0.5, 0.6) is 0 Å². The smallest absolute Gasteiger partial charge is 0.335 e. The molecule has 1 saturated heterocycles. The van der Waals surface area contributed by atoms with E-state index in [9.17, 15) is 14.4 Å². The zero-order chi connectivity index (χ0) is 19.4. The van der Waals surface area contributed by atoms with Gasteiger partial charge in [0.15, 0.2) is 0 Å². The Bertz CT molecular complexity index is 849. The number of amides is 3. The second-order valence-electron chi connectivity index (χ2n) is 6.23. The van der Waals surface area contributed by atoms with Gasteiger partial charge in [-0.25, -0.2) is 9.59 Å². The molecule has 140 valence electrons. The predicted molar refractivity (Wildman–Crippen MR) is 101 cm³/mol. The van der Waals surface area contributed by atoms with E-state index in [0.717, 1.165) is 11.3 Å². The molecule has 1 aliphatic heterocycles. The molecule has 1 atom stereocenters. The molecule has 8 heteroatoms. The first-order valence-electron chi connectivity index (χ1n) is 8.48. The van der Waals surface area contributed by atoms with Gasteiger partial charge in [0.25, 0.3) is 0 Å². The van der Waals surface area contributed by atoms with Crippen LogP contribution in [0.1, 0.15) is 15.9 Å². The molecule has 5 N–H and O–H groups in total. The molecule has 1 fully saturated rings. The van der Waals surface area contributed by atoms with Gasteiger partial charge in [-0.2, -0.15) is 0 Å². The Morgan fingerprint density at radius 3 is 2.37 bits per heavy atom. The fraction of sp³-hybridized carbons (Fsp3) is 0.211. The van der Waals surface area contributed by atoms with Crippen molar-refractivity contribution >= 4 is 29.3 Å². The van der Waals surface area contributed by atoms with Gasteiger partial charge in [0, 0.05) is 24.5 Å². The number of nitrogens with one attached hydrogen (secondary N) is 2. The molecule has 1 unspecified atom stereocenters. The van der Waals surface area contributed by atoms with Crippen molar-refractivity contribution < 1.29 is 19.5 Å². The van der Waals surface area contributed by atoms with Crippen LogP contribution in [0.25, 0.3) is 0 Å². The molecule has 0 bridgehead atoms. The molecule has 27 heavy (non-hydrogen) atoms. The first-order chi connectivity index (χ1) is 12.9. The minimum Gasteiger partial charge on any atom is -0.478 e. The van der Waals surface area contributed by atoms with Gasteiger partial charge >= 0.3 is 12.0 Å². The number of hydrogen-bond acceptors (Lipinski definition) is 4. The number of nitrogens with two attached hydrogens (primary N) is 1. The summed E-state index contributed by atoms with van der Waals surface area (Å²) in [7, 11) is 0. The normalized spacial score (nSPS) is 14.6. The van der Waals surface area contributed by atoms with Gasteiger partial charge in [-0.05, 0) is 48.4 Å². The van der Waals surface area contributed by atoms with Gasteiger partial charge in [-0.1, -0.05) is 12.1 Å². The number of urea groups is 1. The van der Waals surface area contributed by atoms with E-state index in [1.54, 1.807) is 4.90 Å². The van der Waals surface area contributed by atoms with Gasteiger partial charge in [0.1, 0.15) is 0 Å². The Balaban J connectivity index is 1.57. The number of carboxylic acids is 1. The molecular weight excluding hydrogens is 348 g/mol. The lowest BCUT2D eigenvalue weighted by atomic mass is 10.1. The number of anilines is 2. The van der Waals surface area contributed by atoms with Gasteiger partial charge in [-0.3, -0.25) is 9.69 Å². The summed E-state index contributed by atoms with van der Waals surface area (Å²) in [6.07, 6.45) is 0.339. The van der Waals surface area contributed by atoms with E-state index in [2.05, 4.69) is 10.6 Å². The average molecular weight is 368 g/mol. The number of nitrogens with zero attached hydrogens (tertiary/aromatic N) is 1. The van der Waals surface area contributed by atoms with Crippen LogP contribution in [0.4, 0.5) is 16.2 Å². The first kappa shape index (κ1) is 18.4. The van der Waals surface area contributed by atoms with Crippen molar-refractivity contribution in [3.05, 3.63) is 59.7 Å². The number of carboxylic acid groups (broad SMARTS) is 1. The van der Waals surface area contributed by atoms with E-state index < -0.39 is 12.0 Å². The minimum absolute atomic E-state index is 0.118. The summed E-state index contributed by atoms with van der Waals surface area (Å²) in [6.45, 7) is 1.25. The van der Waals surface area contributed by atoms with Crippen LogP contribution in [0.15, 0.2) is 48.5 Å². The molecule has 0 saturated carbocycles. The summed E-state index contributed by atoms with van der Waals surface area (Å²) in [4.78, 5) is 36.4. The third-order valence-electron chi connectivity index (χ3n) is 4.30. The van der Waals surface area contributed by atoms with Crippen molar-refractivity contribution in [2.24, 2.45) is 5.73 Å². The quantitative estimate of drug-likeness (QED) is 0.614. The SMILES string of the molecule is NC(Cc1ccc(N2CCNC2=O)cc1)C(=O)Nc1ccc(C(=O)O)cc1. The highest BCUT2D eigenvalue weighted by molar-refractivity contribution is 5.96. The fourth-order valence-electron chi connectivity index (χ4n) is 2.81. The van der Waals surface area contributed by atoms with Crippen molar-refractivity contribution in [3.63, 3.8) is 0 Å². The van der Waals surface area contributed by atoms with Crippen molar-refractivity contribution in [1.82, 2.24) is 5.32 Å². The standard InChI is InChI=1S/C19H20N4O4/c20-16(17(24)22-14-5-3-13(4-6-14)18(25)26)11-12-1-7-15(8-2-12)23-10-9-21-19(23)27/h1-8,16H,9-11,20H2,(H,21,27)(H,22,24)(H,25,26). The summed E-state index contributed by atoms with van der Waals surface area (Å²) in [6, 6.07) is 12.3. The monoisotopic (exact) mass is 368 g/mol. The fourth-order valence-corrected chi connectivity index (χ4v) is 2.81. The molecule has 2 aromatic carbocycles. The van der Waals surface area contributed by atoms with E-state index >= 15 is 0 Å². The van der Waals surface area contributed by atoms with Crippen LogP contribution in [0, 0.1) is 0 Å². The van der Waals surface area contributed by atoms with Crippen molar-refractivity contribution in [1.29, 1.82) is 0 Å². The Labute approximate surface area is 156 Å². The van der Waals surface area contributed by atoms with E-state index in [1.165, 1.54) is 24.3 Å². The second kappa shape index (κ2) is 7.88. The maximum absolute atomic E-state index is 12.2. The summed E-state index contributed by atoms with van der Waals surface area (Å²) in [5, 5.41) is 14.3. The van der Waals surface area contributed by atoms with Crippen LogP contribution < -0.4 is 21.3 Å². The average Bonchev–Trinajstić information content (AvgIpc) is 3.08. The molecule has 0 spiro atoms. The Morgan fingerprint density at radius 1 is 1.15 bits per heavy atom. The Hall–Kier alpha value is -3.39.